The maximum Gasteiger partial charge on any atom is 0.334 e. The molecule has 0 unspecified atom stereocenters. The van der Waals surface area contributed by atoms with Gasteiger partial charge in [-0.1, -0.05) is 13.8 Å². The van der Waals surface area contributed by atoms with Gasteiger partial charge in [-0.2, -0.15) is 0 Å². The summed E-state index contributed by atoms with van der Waals surface area (Å²) in [6, 6.07) is 1.96. The highest BCUT2D eigenvalue weighted by molar-refractivity contribution is 9.10. The lowest BCUT2D eigenvalue weighted by Crippen LogP contribution is -2.23. The molecule has 1 aliphatic carbocycles. The van der Waals surface area contributed by atoms with Gasteiger partial charge in [0, 0.05) is 21.8 Å². The number of aromatic nitrogens is 1. The molecule has 0 radical (unpaired) electrons. The lowest BCUT2D eigenvalue weighted by atomic mass is 9.73. The number of halogens is 1. The number of rotatable bonds is 4. The van der Waals surface area contributed by atoms with Gasteiger partial charge in [0.05, 0.1) is 13.7 Å². The molecule has 1 aromatic rings. The summed E-state index contributed by atoms with van der Waals surface area (Å²) < 4.78 is 11.5. The number of hydrogen-bond acceptors (Lipinski definition) is 4. The van der Waals surface area contributed by atoms with Crippen molar-refractivity contribution < 1.29 is 14.3 Å². The smallest absolute Gasteiger partial charge is 0.334 e. The zero-order chi connectivity index (χ0) is 16.3. The van der Waals surface area contributed by atoms with Crippen LogP contribution in [0.15, 0.2) is 22.3 Å². The van der Waals surface area contributed by atoms with Gasteiger partial charge in [-0.3, -0.25) is 0 Å². The zero-order valence-electron chi connectivity index (χ0n) is 13.5. The summed E-state index contributed by atoms with van der Waals surface area (Å²) in [6.45, 7) is 6.57. The Labute approximate surface area is 140 Å². The van der Waals surface area contributed by atoms with Crippen LogP contribution >= 0.6 is 15.9 Å². The highest BCUT2D eigenvalue weighted by atomic mass is 79.9. The summed E-state index contributed by atoms with van der Waals surface area (Å²) >= 11 is 3.45. The Morgan fingerprint density at radius 2 is 2.18 bits per heavy atom. The minimum Gasteiger partial charge on any atom is -0.481 e. The topological polar surface area (TPSA) is 48.4 Å². The number of carbonyl (C=O) groups excluding carboxylic acids is 1. The molecule has 4 nitrogen and oxygen atoms in total. The van der Waals surface area contributed by atoms with Gasteiger partial charge >= 0.3 is 5.97 Å². The fraction of sp³-hybridized carbons (Fsp3) is 0.529. The van der Waals surface area contributed by atoms with Crippen LogP contribution in [0.5, 0.6) is 5.88 Å². The van der Waals surface area contributed by atoms with Crippen LogP contribution in [0.1, 0.15) is 45.6 Å². The van der Waals surface area contributed by atoms with E-state index in [-0.39, 0.29) is 11.4 Å². The van der Waals surface area contributed by atoms with Crippen LogP contribution in [0.25, 0.3) is 5.57 Å². The SMILES string of the molecule is CCOC(=O)C1=C(c2cc(Br)cnc2OC)CCC(C)(C)C1. The number of esters is 1. The van der Waals surface area contributed by atoms with Crippen molar-refractivity contribution in [2.45, 2.75) is 40.0 Å². The second-order valence-corrected chi connectivity index (χ2v) is 7.14. The number of carbonyl (C=O) groups is 1. The quantitative estimate of drug-likeness (QED) is 0.740. The Morgan fingerprint density at radius 3 is 2.82 bits per heavy atom. The van der Waals surface area contributed by atoms with Crippen molar-refractivity contribution in [3.63, 3.8) is 0 Å². The highest BCUT2D eigenvalue weighted by Crippen LogP contribution is 2.44. The number of nitrogens with zero attached hydrogens (tertiary/aromatic N) is 1. The third-order valence-corrected chi connectivity index (χ3v) is 4.36. The highest BCUT2D eigenvalue weighted by Gasteiger charge is 2.32. The van der Waals surface area contributed by atoms with E-state index in [1.165, 1.54) is 0 Å². The third kappa shape index (κ3) is 3.69. The molecule has 22 heavy (non-hydrogen) atoms. The predicted octanol–water partition coefficient (Wildman–Crippen LogP) is 4.38. The van der Waals surface area contributed by atoms with Crippen LogP contribution in [-0.4, -0.2) is 24.7 Å². The van der Waals surface area contributed by atoms with Crippen molar-refractivity contribution in [3.8, 4) is 5.88 Å². The van der Waals surface area contributed by atoms with Crippen molar-refractivity contribution in [3.05, 3.63) is 27.9 Å². The van der Waals surface area contributed by atoms with Crippen LogP contribution in [0.2, 0.25) is 0 Å². The van der Waals surface area contributed by atoms with E-state index in [0.717, 1.165) is 34.0 Å². The molecule has 0 fully saturated rings. The number of hydrogen-bond donors (Lipinski definition) is 0. The molecular weight excluding hydrogens is 346 g/mol. The summed E-state index contributed by atoms with van der Waals surface area (Å²) in [5.41, 5.74) is 2.70. The van der Waals surface area contributed by atoms with E-state index in [2.05, 4.69) is 34.8 Å². The minimum absolute atomic E-state index is 0.0955. The van der Waals surface area contributed by atoms with Gasteiger partial charge in [-0.05, 0) is 59.2 Å². The monoisotopic (exact) mass is 367 g/mol. The van der Waals surface area contributed by atoms with Crippen molar-refractivity contribution in [1.82, 2.24) is 4.98 Å². The fourth-order valence-corrected chi connectivity index (χ4v) is 3.14. The van der Waals surface area contributed by atoms with Gasteiger partial charge in [0.25, 0.3) is 0 Å². The summed E-state index contributed by atoms with van der Waals surface area (Å²) in [6.07, 6.45) is 4.23. The van der Waals surface area contributed by atoms with Gasteiger partial charge in [0.1, 0.15) is 0 Å². The lowest BCUT2D eigenvalue weighted by molar-refractivity contribution is -0.139. The first-order valence-corrected chi connectivity index (χ1v) is 8.26. The average Bonchev–Trinajstić information content (AvgIpc) is 2.46. The minimum atomic E-state index is -0.229. The molecule has 2 rings (SSSR count). The van der Waals surface area contributed by atoms with E-state index in [1.807, 2.05) is 13.0 Å². The van der Waals surface area contributed by atoms with E-state index in [9.17, 15) is 4.79 Å². The molecule has 0 saturated heterocycles. The molecule has 0 spiro atoms. The molecule has 1 heterocycles. The Morgan fingerprint density at radius 1 is 1.45 bits per heavy atom. The molecule has 0 N–H and O–H groups in total. The predicted molar refractivity (Wildman–Crippen MR) is 89.7 cm³/mol. The standard InChI is InChI=1S/C17H22BrNO3/c1-5-22-16(20)14-9-17(2,3)7-6-12(14)13-8-11(18)10-19-15(13)21-4/h8,10H,5-7,9H2,1-4H3. The maximum absolute atomic E-state index is 12.4. The van der Waals surface area contributed by atoms with Gasteiger partial charge in [-0.15, -0.1) is 0 Å². The molecule has 0 atom stereocenters. The fourth-order valence-electron chi connectivity index (χ4n) is 2.80. The van der Waals surface area contributed by atoms with Crippen LogP contribution < -0.4 is 4.74 Å². The van der Waals surface area contributed by atoms with Crippen molar-refractivity contribution in [1.29, 1.82) is 0 Å². The van der Waals surface area contributed by atoms with Gasteiger partial charge < -0.3 is 9.47 Å². The van der Waals surface area contributed by atoms with E-state index < -0.39 is 0 Å². The first kappa shape index (κ1) is 17.0. The second kappa shape index (κ2) is 6.82. The molecule has 0 aromatic carbocycles. The van der Waals surface area contributed by atoms with E-state index in [4.69, 9.17) is 9.47 Å². The lowest BCUT2D eigenvalue weighted by Gasteiger charge is -2.32. The average molecular weight is 368 g/mol. The maximum atomic E-state index is 12.4. The molecule has 1 aromatic heterocycles. The number of methoxy groups -OCH3 is 1. The van der Waals surface area contributed by atoms with Crippen LogP contribution in [-0.2, 0) is 9.53 Å². The third-order valence-electron chi connectivity index (χ3n) is 3.93. The Balaban J connectivity index is 2.56. The Hall–Kier alpha value is -1.36. The zero-order valence-corrected chi connectivity index (χ0v) is 15.1. The molecule has 120 valence electrons. The summed E-state index contributed by atoms with van der Waals surface area (Å²) in [4.78, 5) is 16.7. The van der Waals surface area contributed by atoms with Crippen LogP contribution in [0.3, 0.4) is 0 Å². The Bertz CT molecular complexity index is 608. The summed E-state index contributed by atoms with van der Waals surface area (Å²) in [5, 5.41) is 0. The Kier molecular flexibility index (Phi) is 5.27. The molecule has 0 saturated carbocycles. The van der Waals surface area contributed by atoms with E-state index in [1.54, 1.807) is 13.3 Å². The van der Waals surface area contributed by atoms with Crippen molar-refractivity contribution in [2.24, 2.45) is 5.41 Å². The number of allylic oxidation sites excluding steroid dienone is 1. The molecule has 1 aliphatic rings. The summed E-state index contributed by atoms with van der Waals surface area (Å²) in [7, 11) is 1.59. The molecule has 0 bridgehead atoms. The van der Waals surface area contributed by atoms with Crippen molar-refractivity contribution in [2.75, 3.05) is 13.7 Å². The van der Waals surface area contributed by atoms with Gasteiger partial charge in [0.15, 0.2) is 0 Å². The number of pyridine rings is 1. The summed E-state index contributed by atoms with van der Waals surface area (Å²) in [5.74, 6) is 0.312. The van der Waals surface area contributed by atoms with E-state index in [0.29, 0.717) is 18.9 Å². The largest absolute Gasteiger partial charge is 0.481 e. The number of ether oxygens (including phenoxy) is 2. The molecular formula is C17H22BrNO3. The van der Waals surface area contributed by atoms with Gasteiger partial charge in [0.2, 0.25) is 5.88 Å². The van der Waals surface area contributed by atoms with Crippen molar-refractivity contribution >= 4 is 27.5 Å². The van der Waals surface area contributed by atoms with E-state index >= 15 is 0 Å². The normalized spacial score (nSPS) is 17.3. The first-order valence-electron chi connectivity index (χ1n) is 7.47. The second-order valence-electron chi connectivity index (χ2n) is 6.23. The van der Waals surface area contributed by atoms with Gasteiger partial charge in [-0.25, -0.2) is 9.78 Å². The first-order chi connectivity index (χ1) is 10.4. The molecule has 0 amide bonds. The molecule has 0 aliphatic heterocycles. The van der Waals surface area contributed by atoms with Crippen LogP contribution in [0.4, 0.5) is 0 Å². The van der Waals surface area contributed by atoms with Crippen LogP contribution in [0, 0.1) is 5.41 Å². The molecule has 5 heteroatoms.